The highest BCUT2D eigenvalue weighted by Crippen LogP contribution is 2.27. The van der Waals surface area contributed by atoms with Crippen LogP contribution in [-0.2, 0) is 13.0 Å². The number of nitrogens with zero attached hydrogens (tertiary/aromatic N) is 3. The molecule has 1 fully saturated rings. The minimum Gasteiger partial charge on any atom is -0.339 e. The molecule has 0 saturated heterocycles. The fourth-order valence-corrected chi connectivity index (χ4v) is 2.93. The highest BCUT2D eigenvalue weighted by atomic mass is 16.5. The lowest BCUT2D eigenvalue weighted by molar-refractivity contribution is 0.241. The third-order valence-electron chi connectivity index (χ3n) is 3.78. The van der Waals surface area contributed by atoms with Gasteiger partial charge < -0.3 is 14.7 Å². The minimum atomic E-state index is 0.614. The molecule has 1 heterocycles. The van der Waals surface area contributed by atoms with Gasteiger partial charge in [0.15, 0.2) is 5.82 Å². The summed E-state index contributed by atoms with van der Waals surface area (Å²) in [4.78, 5) is 6.54. The first-order valence-electron chi connectivity index (χ1n) is 7.38. The van der Waals surface area contributed by atoms with E-state index >= 15 is 0 Å². The van der Waals surface area contributed by atoms with Gasteiger partial charge in [0.1, 0.15) is 0 Å². The first-order chi connectivity index (χ1) is 9.19. The minimum absolute atomic E-state index is 0.614. The topological polar surface area (TPSA) is 54.2 Å². The van der Waals surface area contributed by atoms with E-state index in [-0.39, 0.29) is 0 Å². The highest BCUT2D eigenvalue weighted by Gasteiger charge is 2.26. The number of nitrogens with one attached hydrogen (secondary N) is 1. The van der Waals surface area contributed by atoms with Gasteiger partial charge in [0.05, 0.1) is 6.54 Å². The third-order valence-corrected chi connectivity index (χ3v) is 3.78. The number of hydrogen-bond acceptors (Lipinski definition) is 5. The van der Waals surface area contributed by atoms with Gasteiger partial charge in [-0.2, -0.15) is 4.98 Å². The van der Waals surface area contributed by atoms with E-state index in [1.807, 2.05) is 14.1 Å². The molecule has 2 unspecified atom stereocenters. The summed E-state index contributed by atoms with van der Waals surface area (Å²) in [6.45, 7) is 3.95. The summed E-state index contributed by atoms with van der Waals surface area (Å²) >= 11 is 0. The molecule has 1 saturated carbocycles. The maximum absolute atomic E-state index is 5.38. The Balaban J connectivity index is 1.92. The van der Waals surface area contributed by atoms with E-state index in [2.05, 4.69) is 27.3 Å². The molecule has 0 aliphatic heterocycles. The lowest BCUT2D eigenvalue weighted by Gasteiger charge is -2.31. The van der Waals surface area contributed by atoms with Gasteiger partial charge in [-0.15, -0.1) is 0 Å². The molecule has 0 radical (unpaired) electrons. The van der Waals surface area contributed by atoms with Crippen molar-refractivity contribution in [1.82, 2.24) is 20.4 Å². The Morgan fingerprint density at radius 1 is 1.32 bits per heavy atom. The zero-order chi connectivity index (χ0) is 13.7. The van der Waals surface area contributed by atoms with Crippen LogP contribution in [0.3, 0.4) is 0 Å². The van der Waals surface area contributed by atoms with Crippen molar-refractivity contribution in [3.8, 4) is 0 Å². The fraction of sp³-hybridized carbons (Fsp3) is 0.857. The molecule has 0 bridgehead atoms. The van der Waals surface area contributed by atoms with Crippen molar-refractivity contribution in [1.29, 1.82) is 0 Å². The molecular formula is C14H26N4O. The second-order valence-electron chi connectivity index (χ2n) is 5.75. The van der Waals surface area contributed by atoms with E-state index in [4.69, 9.17) is 4.52 Å². The largest absolute Gasteiger partial charge is 0.339 e. The van der Waals surface area contributed by atoms with Crippen LogP contribution >= 0.6 is 0 Å². The molecule has 2 atom stereocenters. The molecule has 1 aliphatic rings. The standard InChI is InChI=1S/C14H26N4O/c1-4-15-12-8-6-5-7-11(12)9-14-16-13(17-19-14)10-18(2)3/h11-12,15H,4-10H2,1-3H3. The van der Waals surface area contributed by atoms with Gasteiger partial charge >= 0.3 is 0 Å². The predicted molar refractivity (Wildman–Crippen MR) is 74.8 cm³/mol. The van der Waals surface area contributed by atoms with Crippen LogP contribution in [0.2, 0.25) is 0 Å². The molecule has 19 heavy (non-hydrogen) atoms. The first kappa shape index (κ1) is 14.5. The van der Waals surface area contributed by atoms with Crippen LogP contribution < -0.4 is 5.32 Å². The van der Waals surface area contributed by atoms with Crippen LogP contribution in [0.5, 0.6) is 0 Å². The van der Waals surface area contributed by atoms with E-state index in [1.165, 1.54) is 25.7 Å². The predicted octanol–water partition coefficient (Wildman–Crippen LogP) is 1.84. The molecule has 1 N–H and O–H groups in total. The van der Waals surface area contributed by atoms with Crippen LogP contribution in [0.4, 0.5) is 0 Å². The van der Waals surface area contributed by atoms with Crippen molar-refractivity contribution in [2.45, 2.75) is 51.6 Å². The maximum atomic E-state index is 5.38. The molecule has 5 nitrogen and oxygen atoms in total. The van der Waals surface area contributed by atoms with Crippen molar-refractivity contribution in [2.75, 3.05) is 20.6 Å². The lowest BCUT2D eigenvalue weighted by atomic mass is 9.82. The third kappa shape index (κ3) is 4.28. The summed E-state index contributed by atoms with van der Waals surface area (Å²) in [5.74, 6) is 2.23. The van der Waals surface area contributed by atoms with Crippen LogP contribution in [0.1, 0.15) is 44.3 Å². The van der Waals surface area contributed by atoms with Crippen molar-refractivity contribution < 1.29 is 4.52 Å². The van der Waals surface area contributed by atoms with E-state index in [1.54, 1.807) is 0 Å². The summed E-state index contributed by atoms with van der Waals surface area (Å²) < 4.78 is 5.38. The molecule has 108 valence electrons. The van der Waals surface area contributed by atoms with Crippen molar-refractivity contribution in [3.63, 3.8) is 0 Å². The summed E-state index contributed by atoms with van der Waals surface area (Å²) in [5, 5.41) is 7.64. The van der Waals surface area contributed by atoms with E-state index < -0.39 is 0 Å². The average molecular weight is 266 g/mol. The summed E-state index contributed by atoms with van der Waals surface area (Å²) in [5.41, 5.74) is 0. The van der Waals surface area contributed by atoms with E-state index in [9.17, 15) is 0 Å². The summed E-state index contributed by atoms with van der Waals surface area (Å²) in [6, 6.07) is 0.614. The van der Waals surface area contributed by atoms with Crippen molar-refractivity contribution in [2.24, 2.45) is 5.92 Å². The van der Waals surface area contributed by atoms with Gasteiger partial charge in [0.25, 0.3) is 0 Å². The molecule has 2 rings (SSSR count). The Labute approximate surface area is 115 Å². The van der Waals surface area contributed by atoms with Crippen LogP contribution in [0, 0.1) is 5.92 Å². The number of aromatic nitrogens is 2. The monoisotopic (exact) mass is 266 g/mol. The maximum Gasteiger partial charge on any atom is 0.227 e. The molecule has 0 spiro atoms. The SMILES string of the molecule is CCNC1CCCCC1Cc1nc(CN(C)C)no1. The Kier molecular flexibility index (Phi) is 5.34. The molecular weight excluding hydrogens is 240 g/mol. The average Bonchev–Trinajstić information content (AvgIpc) is 2.78. The summed E-state index contributed by atoms with van der Waals surface area (Å²) in [7, 11) is 4.02. The molecule has 5 heteroatoms. The Morgan fingerprint density at radius 3 is 2.84 bits per heavy atom. The molecule has 0 amide bonds. The first-order valence-corrected chi connectivity index (χ1v) is 7.38. The van der Waals surface area contributed by atoms with Crippen LogP contribution in [0.15, 0.2) is 4.52 Å². The van der Waals surface area contributed by atoms with Gasteiger partial charge in [-0.3, -0.25) is 0 Å². The van der Waals surface area contributed by atoms with Gasteiger partial charge in [-0.25, -0.2) is 0 Å². The molecule has 0 aromatic carbocycles. The quantitative estimate of drug-likeness (QED) is 0.851. The smallest absolute Gasteiger partial charge is 0.227 e. The second kappa shape index (κ2) is 7.01. The van der Waals surface area contributed by atoms with Crippen LogP contribution in [-0.4, -0.2) is 41.7 Å². The highest BCUT2D eigenvalue weighted by molar-refractivity contribution is 4.91. The lowest BCUT2D eigenvalue weighted by Crippen LogP contribution is -2.39. The zero-order valence-electron chi connectivity index (χ0n) is 12.4. The molecule has 1 aliphatic carbocycles. The van der Waals surface area contributed by atoms with Gasteiger partial charge in [-0.05, 0) is 39.4 Å². The normalized spacial score (nSPS) is 24.0. The molecule has 1 aromatic heterocycles. The van der Waals surface area contributed by atoms with Gasteiger partial charge in [-0.1, -0.05) is 24.9 Å². The second-order valence-corrected chi connectivity index (χ2v) is 5.75. The number of hydrogen-bond donors (Lipinski definition) is 1. The Bertz CT molecular complexity index is 375. The van der Waals surface area contributed by atoms with Crippen LogP contribution in [0.25, 0.3) is 0 Å². The number of rotatable bonds is 6. The van der Waals surface area contributed by atoms with Crippen molar-refractivity contribution >= 4 is 0 Å². The Hall–Kier alpha value is -0.940. The van der Waals surface area contributed by atoms with Gasteiger partial charge in [0.2, 0.25) is 5.89 Å². The zero-order valence-corrected chi connectivity index (χ0v) is 12.4. The van der Waals surface area contributed by atoms with Gasteiger partial charge in [0, 0.05) is 12.5 Å². The van der Waals surface area contributed by atoms with E-state index in [0.29, 0.717) is 12.0 Å². The van der Waals surface area contributed by atoms with E-state index in [0.717, 1.165) is 31.2 Å². The fourth-order valence-electron chi connectivity index (χ4n) is 2.93. The molecule has 1 aromatic rings. The Morgan fingerprint density at radius 2 is 2.11 bits per heavy atom. The van der Waals surface area contributed by atoms with Crippen molar-refractivity contribution in [3.05, 3.63) is 11.7 Å². The summed E-state index contributed by atoms with van der Waals surface area (Å²) in [6.07, 6.45) is 6.12.